The number of fused-ring (bicyclic) bond motifs is 1. The standard InChI is InChI=1S/C23H25ClN2O3S/c1-2-28-22(27)17-3-6-19(7-4-17)29-14-11-16-9-12-26(13-10-16)23-25-20-8-5-18(24)15-21(20)30-23/h3-8,15-16H,2,9-14H2,1H3. The minimum Gasteiger partial charge on any atom is -0.494 e. The van der Waals surface area contributed by atoms with Crippen LogP contribution in [0.4, 0.5) is 5.13 Å². The van der Waals surface area contributed by atoms with Crippen LogP contribution in [0.1, 0.15) is 36.5 Å². The van der Waals surface area contributed by atoms with E-state index in [1.807, 2.05) is 30.3 Å². The highest BCUT2D eigenvalue weighted by molar-refractivity contribution is 7.22. The number of carbonyl (C=O) groups excluding carboxylic acids is 1. The maximum Gasteiger partial charge on any atom is 0.338 e. The monoisotopic (exact) mass is 444 g/mol. The molecule has 0 bridgehead atoms. The number of ether oxygens (including phenoxy) is 2. The first-order chi connectivity index (χ1) is 14.6. The van der Waals surface area contributed by atoms with Gasteiger partial charge in [0.25, 0.3) is 0 Å². The van der Waals surface area contributed by atoms with Crippen molar-refractivity contribution in [1.29, 1.82) is 0 Å². The van der Waals surface area contributed by atoms with Crippen LogP contribution >= 0.6 is 22.9 Å². The molecule has 7 heteroatoms. The summed E-state index contributed by atoms with van der Waals surface area (Å²) >= 11 is 7.81. The van der Waals surface area contributed by atoms with Gasteiger partial charge in [0.2, 0.25) is 0 Å². The van der Waals surface area contributed by atoms with Gasteiger partial charge in [-0.25, -0.2) is 9.78 Å². The largest absolute Gasteiger partial charge is 0.494 e. The summed E-state index contributed by atoms with van der Waals surface area (Å²) in [7, 11) is 0. The summed E-state index contributed by atoms with van der Waals surface area (Å²) in [5, 5.41) is 1.84. The molecule has 1 fully saturated rings. The SMILES string of the molecule is CCOC(=O)c1ccc(OCCC2CCN(c3nc4ccc(Cl)cc4s3)CC2)cc1. The van der Waals surface area contributed by atoms with Crippen molar-refractivity contribution < 1.29 is 14.3 Å². The fourth-order valence-electron chi connectivity index (χ4n) is 3.68. The average molecular weight is 445 g/mol. The number of carbonyl (C=O) groups is 1. The van der Waals surface area contributed by atoms with Gasteiger partial charge in [0.05, 0.1) is 29.0 Å². The Hall–Kier alpha value is -2.31. The Bertz CT molecular complexity index is 997. The lowest BCUT2D eigenvalue weighted by Gasteiger charge is -2.31. The molecule has 3 aromatic rings. The molecular formula is C23H25ClN2O3S. The molecule has 0 saturated carbocycles. The van der Waals surface area contributed by atoms with Gasteiger partial charge in [-0.1, -0.05) is 22.9 Å². The molecule has 0 aliphatic carbocycles. The lowest BCUT2D eigenvalue weighted by atomic mass is 9.94. The second-order valence-corrected chi connectivity index (χ2v) is 8.87. The van der Waals surface area contributed by atoms with E-state index in [0.29, 0.717) is 24.7 Å². The molecular weight excluding hydrogens is 420 g/mol. The first-order valence-electron chi connectivity index (χ1n) is 10.3. The van der Waals surface area contributed by atoms with Crippen molar-refractivity contribution in [3.8, 4) is 5.75 Å². The van der Waals surface area contributed by atoms with E-state index in [2.05, 4.69) is 4.90 Å². The van der Waals surface area contributed by atoms with Crippen molar-refractivity contribution in [2.24, 2.45) is 5.92 Å². The zero-order valence-electron chi connectivity index (χ0n) is 17.0. The Morgan fingerprint density at radius 2 is 1.97 bits per heavy atom. The van der Waals surface area contributed by atoms with Crippen LogP contribution in [0.5, 0.6) is 5.75 Å². The minimum absolute atomic E-state index is 0.299. The maximum absolute atomic E-state index is 11.7. The highest BCUT2D eigenvalue weighted by Gasteiger charge is 2.21. The molecule has 0 radical (unpaired) electrons. The molecule has 0 atom stereocenters. The second-order valence-electron chi connectivity index (χ2n) is 7.42. The van der Waals surface area contributed by atoms with Gasteiger partial charge in [0, 0.05) is 18.1 Å². The van der Waals surface area contributed by atoms with E-state index in [1.165, 1.54) is 0 Å². The molecule has 1 saturated heterocycles. The van der Waals surface area contributed by atoms with Crippen LogP contribution in [-0.4, -0.2) is 37.3 Å². The number of piperidine rings is 1. The van der Waals surface area contributed by atoms with Crippen LogP contribution in [0, 0.1) is 5.92 Å². The number of benzene rings is 2. The van der Waals surface area contributed by atoms with Gasteiger partial charge < -0.3 is 14.4 Å². The lowest BCUT2D eigenvalue weighted by Crippen LogP contribution is -2.34. The lowest BCUT2D eigenvalue weighted by molar-refractivity contribution is 0.0526. The molecule has 5 nitrogen and oxygen atoms in total. The Balaban J connectivity index is 1.22. The molecule has 1 aromatic heterocycles. The van der Waals surface area contributed by atoms with Crippen molar-refractivity contribution in [2.45, 2.75) is 26.2 Å². The number of hydrogen-bond donors (Lipinski definition) is 0. The molecule has 2 heterocycles. The highest BCUT2D eigenvalue weighted by atomic mass is 35.5. The fourth-order valence-corrected chi connectivity index (χ4v) is 4.97. The quantitative estimate of drug-likeness (QED) is 0.430. The van der Waals surface area contributed by atoms with Crippen LogP contribution in [0.25, 0.3) is 10.2 Å². The van der Waals surface area contributed by atoms with Crippen LogP contribution < -0.4 is 9.64 Å². The summed E-state index contributed by atoms with van der Waals surface area (Å²) in [5.74, 6) is 1.14. The normalized spacial score (nSPS) is 14.8. The average Bonchev–Trinajstić information content (AvgIpc) is 3.18. The first kappa shape index (κ1) is 20.9. The van der Waals surface area contributed by atoms with Crippen LogP contribution in [0.15, 0.2) is 42.5 Å². The number of rotatable bonds is 7. The Kier molecular flexibility index (Phi) is 6.75. The van der Waals surface area contributed by atoms with E-state index in [4.69, 9.17) is 26.1 Å². The van der Waals surface area contributed by atoms with E-state index in [0.717, 1.165) is 58.5 Å². The van der Waals surface area contributed by atoms with Crippen LogP contribution in [-0.2, 0) is 4.74 Å². The fraction of sp³-hybridized carbons (Fsp3) is 0.391. The predicted molar refractivity (Wildman–Crippen MR) is 122 cm³/mol. The molecule has 0 spiro atoms. The molecule has 0 amide bonds. The van der Waals surface area contributed by atoms with E-state index >= 15 is 0 Å². The number of esters is 1. The van der Waals surface area contributed by atoms with Crippen molar-refractivity contribution in [3.63, 3.8) is 0 Å². The Morgan fingerprint density at radius 3 is 2.70 bits per heavy atom. The van der Waals surface area contributed by atoms with E-state index in [-0.39, 0.29) is 5.97 Å². The summed E-state index contributed by atoms with van der Waals surface area (Å²) < 4.78 is 12.0. The number of nitrogens with zero attached hydrogens (tertiary/aromatic N) is 2. The molecule has 0 N–H and O–H groups in total. The summed E-state index contributed by atoms with van der Waals surface area (Å²) in [4.78, 5) is 18.8. The Labute approximate surface area is 185 Å². The second kappa shape index (κ2) is 9.67. The van der Waals surface area contributed by atoms with Gasteiger partial charge in [-0.15, -0.1) is 0 Å². The summed E-state index contributed by atoms with van der Waals surface area (Å²) in [6.45, 7) is 4.90. The third kappa shape index (κ3) is 5.05. The minimum atomic E-state index is -0.299. The predicted octanol–water partition coefficient (Wildman–Crippen LogP) is 5.81. The highest BCUT2D eigenvalue weighted by Crippen LogP contribution is 2.33. The van der Waals surface area contributed by atoms with E-state index < -0.39 is 0 Å². The summed E-state index contributed by atoms with van der Waals surface area (Å²) in [6, 6.07) is 13.0. The summed E-state index contributed by atoms with van der Waals surface area (Å²) in [6.07, 6.45) is 3.31. The zero-order chi connectivity index (χ0) is 20.9. The first-order valence-corrected chi connectivity index (χ1v) is 11.5. The van der Waals surface area contributed by atoms with Gasteiger partial charge in [-0.3, -0.25) is 0 Å². The van der Waals surface area contributed by atoms with Gasteiger partial charge in [-0.05, 0) is 74.6 Å². The van der Waals surface area contributed by atoms with Gasteiger partial charge >= 0.3 is 5.97 Å². The van der Waals surface area contributed by atoms with E-state index in [1.54, 1.807) is 30.4 Å². The van der Waals surface area contributed by atoms with Crippen molar-refractivity contribution in [2.75, 3.05) is 31.2 Å². The number of anilines is 1. The van der Waals surface area contributed by atoms with Crippen molar-refractivity contribution in [3.05, 3.63) is 53.1 Å². The molecule has 2 aromatic carbocycles. The molecule has 158 valence electrons. The zero-order valence-corrected chi connectivity index (χ0v) is 18.5. The number of hydrogen-bond acceptors (Lipinski definition) is 6. The molecule has 30 heavy (non-hydrogen) atoms. The molecule has 1 aliphatic heterocycles. The van der Waals surface area contributed by atoms with Crippen molar-refractivity contribution >= 4 is 44.3 Å². The molecule has 4 rings (SSSR count). The van der Waals surface area contributed by atoms with Crippen LogP contribution in [0.3, 0.4) is 0 Å². The van der Waals surface area contributed by atoms with E-state index in [9.17, 15) is 4.79 Å². The van der Waals surface area contributed by atoms with Gasteiger partial charge in [0.15, 0.2) is 5.13 Å². The molecule has 1 aliphatic rings. The van der Waals surface area contributed by atoms with Gasteiger partial charge in [-0.2, -0.15) is 0 Å². The smallest absolute Gasteiger partial charge is 0.338 e. The van der Waals surface area contributed by atoms with Crippen molar-refractivity contribution in [1.82, 2.24) is 4.98 Å². The third-order valence-electron chi connectivity index (χ3n) is 5.38. The van der Waals surface area contributed by atoms with Crippen LogP contribution in [0.2, 0.25) is 5.02 Å². The summed E-state index contributed by atoms with van der Waals surface area (Å²) in [5.41, 5.74) is 1.57. The number of aromatic nitrogens is 1. The topological polar surface area (TPSA) is 51.7 Å². The Morgan fingerprint density at radius 1 is 1.20 bits per heavy atom. The van der Waals surface area contributed by atoms with Gasteiger partial charge in [0.1, 0.15) is 5.75 Å². The maximum atomic E-state index is 11.7. The third-order valence-corrected chi connectivity index (χ3v) is 6.70. The number of halogens is 1. The molecule has 0 unspecified atom stereocenters. The number of thiazole rings is 1.